The molecule has 1 aliphatic heterocycles. The third-order valence-electron chi connectivity index (χ3n) is 4.59. The topological polar surface area (TPSA) is 49.8 Å². The highest BCUT2D eigenvalue weighted by atomic mass is 19.1. The maximum Gasteiger partial charge on any atom is 0.227 e. The number of hydrogen-bond donors (Lipinski definition) is 1. The number of amides is 1. The molecule has 2 atom stereocenters. The summed E-state index contributed by atoms with van der Waals surface area (Å²) >= 11 is 0. The molecule has 0 aliphatic carbocycles. The van der Waals surface area contributed by atoms with E-state index in [9.17, 15) is 14.3 Å². The first kappa shape index (κ1) is 17.4. The highest BCUT2D eigenvalue weighted by molar-refractivity contribution is 5.79. The molecule has 0 radical (unpaired) electrons. The highest BCUT2D eigenvalue weighted by Crippen LogP contribution is 2.27. The van der Waals surface area contributed by atoms with Gasteiger partial charge in [-0.1, -0.05) is 30.3 Å². The van der Waals surface area contributed by atoms with Crippen LogP contribution < -0.4 is 4.74 Å². The Balaban J connectivity index is 1.68. The van der Waals surface area contributed by atoms with Crippen molar-refractivity contribution < 1.29 is 19.0 Å². The fourth-order valence-corrected chi connectivity index (χ4v) is 3.00. The van der Waals surface area contributed by atoms with E-state index in [1.807, 2.05) is 30.3 Å². The minimum absolute atomic E-state index is 0.0947. The fourth-order valence-electron chi connectivity index (χ4n) is 3.00. The summed E-state index contributed by atoms with van der Waals surface area (Å²) in [7, 11) is 0. The lowest BCUT2D eigenvalue weighted by molar-refractivity contribution is -0.142. The molecule has 132 valence electrons. The lowest BCUT2D eigenvalue weighted by Gasteiger charge is -2.42. The number of carbonyl (C=O) groups is 1. The Morgan fingerprint density at radius 2 is 2.04 bits per heavy atom. The zero-order chi connectivity index (χ0) is 17.9. The fraction of sp³-hybridized carbons (Fsp3) is 0.350. The Kier molecular flexibility index (Phi) is 5.04. The Labute approximate surface area is 146 Å². The summed E-state index contributed by atoms with van der Waals surface area (Å²) < 4.78 is 19.2. The van der Waals surface area contributed by atoms with Gasteiger partial charge in [0, 0.05) is 6.54 Å². The van der Waals surface area contributed by atoms with Crippen molar-refractivity contribution in [1.29, 1.82) is 0 Å². The number of carbonyl (C=O) groups excluding carboxylic acids is 1. The van der Waals surface area contributed by atoms with E-state index in [0.29, 0.717) is 30.8 Å². The number of hydrogen-bond acceptors (Lipinski definition) is 3. The van der Waals surface area contributed by atoms with Crippen LogP contribution >= 0.6 is 0 Å². The second kappa shape index (κ2) is 7.23. The van der Waals surface area contributed by atoms with E-state index < -0.39 is 11.7 Å². The van der Waals surface area contributed by atoms with Gasteiger partial charge in [-0.25, -0.2) is 4.39 Å². The number of piperidine rings is 1. The van der Waals surface area contributed by atoms with Gasteiger partial charge in [0.1, 0.15) is 23.3 Å². The molecule has 2 aromatic rings. The normalized spacial score (nSPS) is 23.3. The van der Waals surface area contributed by atoms with Gasteiger partial charge in [-0.15, -0.1) is 0 Å². The van der Waals surface area contributed by atoms with Crippen molar-refractivity contribution in [1.82, 2.24) is 4.90 Å². The molecule has 1 heterocycles. The molecule has 1 aliphatic rings. The van der Waals surface area contributed by atoms with Gasteiger partial charge in [-0.05, 0) is 43.2 Å². The number of benzene rings is 2. The number of rotatable bonds is 4. The van der Waals surface area contributed by atoms with Gasteiger partial charge < -0.3 is 14.7 Å². The predicted molar refractivity (Wildman–Crippen MR) is 92.8 cm³/mol. The van der Waals surface area contributed by atoms with Crippen molar-refractivity contribution in [3.8, 4) is 5.75 Å². The largest absolute Gasteiger partial charge is 0.486 e. The minimum Gasteiger partial charge on any atom is -0.486 e. The van der Waals surface area contributed by atoms with Gasteiger partial charge in [0.25, 0.3) is 0 Å². The van der Waals surface area contributed by atoms with E-state index in [4.69, 9.17) is 4.74 Å². The zero-order valence-electron chi connectivity index (χ0n) is 14.2. The summed E-state index contributed by atoms with van der Waals surface area (Å²) in [6.07, 6.45) is 0.0530. The molecule has 3 rings (SSSR count). The van der Waals surface area contributed by atoms with E-state index in [1.54, 1.807) is 24.0 Å². The third kappa shape index (κ3) is 4.37. The molecule has 0 aromatic heterocycles. The van der Waals surface area contributed by atoms with Crippen LogP contribution in [0.5, 0.6) is 5.75 Å². The van der Waals surface area contributed by atoms with Crippen LogP contribution in [0.2, 0.25) is 0 Å². The van der Waals surface area contributed by atoms with E-state index in [0.717, 1.165) is 0 Å². The van der Waals surface area contributed by atoms with E-state index in [2.05, 4.69) is 0 Å². The maximum atomic E-state index is 13.3. The molecule has 0 bridgehead atoms. The number of aliphatic hydroxyl groups is 1. The highest BCUT2D eigenvalue weighted by Gasteiger charge is 2.40. The van der Waals surface area contributed by atoms with Crippen molar-refractivity contribution >= 4 is 5.91 Å². The molecule has 2 aromatic carbocycles. The number of halogens is 1. The average Bonchev–Trinajstić information content (AvgIpc) is 2.57. The maximum absolute atomic E-state index is 13.3. The van der Waals surface area contributed by atoms with Gasteiger partial charge in [0.15, 0.2) is 0 Å². The quantitative estimate of drug-likeness (QED) is 0.929. The molecule has 1 N–H and O–H groups in total. The van der Waals surface area contributed by atoms with E-state index in [-0.39, 0.29) is 18.1 Å². The molecule has 1 amide bonds. The van der Waals surface area contributed by atoms with Crippen LogP contribution in [0.15, 0.2) is 54.6 Å². The molecule has 25 heavy (non-hydrogen) atoms. The van der Waals surface area contributed by atoms with Crippen molar-refractivity contribution in [2.24, 2.45) is 0 Å². The predicted octanol–water partition coefficient (Wildman–Crippen LogP) is 2.80. The first-order valence-electron chi connectivity index (χ1n) is 8.40. The van der Waals surface area contributed by atoms with Gasteiger partial charge in [-0.2, -0.15) is 0 Å². The number of ether oxygens (including phenoxy) is 1. The summed E-state index contributed by atoms with van der Waals surface area (Å²) in [5, 5.41) is 10.6. The van der Waals surface area contributed by atoms with E-state index >= 15 is 0 Å². The van der Waals surface area contributed by atoms with Crippen LogP contribution in [0.4, 0.5) is 4.39 Å². The number of nitrogens with zero attached hydrogens (tertiary/aromatic N) is 1. The molecule has 0 saturated carbocycles. The van der Waals surface area contributed by atoms with Gasteiger partial charge in [0.05, 0.1) is 13.0 Å². The Bertz CT molecular complexity index is 733. The summed E-state index contributed by atoms with van der Waals surface area (Å²) in [5.41, 5.74) is -0.367. The Morgan fingerprint density at radius 1 is 1.28 bits per heavy atom. The van der Waals surface area contributed by atoms with Crippen molar-refractivity contribution in [2.45, 2.75) is 31.5 Å². The monoisotopic (exact) mass is 343 g/mol. The van der Waals surface area contributed by atoms with Crippen molar-refractivity contribution in [2.75, 3.05) is 13.1 Å². The summed E-state index contributed by atoms with van der Waals surface area (Å²) in [6.45, 7) is 2.49. The lowest BCUT2D eigenvalue weighted by Crippen LogP contribution is -2.57. The molecule has 5 heteroatoms. The standard InChI is InChI=1S/C20H22FNO3/c1-20(24)10-11-22(14-18(20)25-17-8-3-2-4-9-17)19(23)13-15-6-5-7-16(21)12-15/h2-9,12,18,24H,10-11,13-14H2,1H3/t18-,20-/m1/s1. The second-order valence-electron chi connectivity index (χ2n) is 6.67. The first-order chi connectivity index (χ1) is 11.9. The molecular formula is C20H22FNO3. The zero-order valence-corrected chi connectivity index (χ0v) is 14.2. The number of likely N-dealkylation sites (tertiary alicyclic amines) is 1. The van der Waals surface area contributed by atoms with Gasteiger partial charge >= 0.3 is 0 Å². The second-order valence-corrected chi connectivity index (χ2v) is 6.67. The average molecular weight is 343 g/mol. The van der Waals surface area contributed by atoms with Crippen LogP contribution in [0.3, 0.4) is 0 Å². The van der Waals surface area contributed by atoms with Crippen molar-refractivity contribution in [3.05, 3.63) is 66.0 Å². The summed E-state index contributed by atoms with van der Waals surface area (Å²) in [5.74, 6) is 0.215. The van der Waals surface area contributed by atoms with Crippen molar-refractivity contribution in [3.63, 3.8) is 0 Å². The molecule has 0 unspecified atom stereocenters. The lowest BCUT2D eigenvalue weighted by atomic mass is 9.90. The smallest absolute Gasteiger partial charge is 0.227 e. The number of para-hydroxylation sites is 1. The SMILES string of the molecule is C[C@@]1(O)CCN(C(=O)Cc2cccc(F)c2)C[C@H]1Oc1ccccc1. The molecule has 1 saturated heterocycles. The van der Waals surface area contributed by atoms with Crippen LogP contribution in [-0.4, -0.2) is 40.7 Å². The first-order valence-corrected chi connectivity index (χ1v) is 8.40. The molecular weight excluding hydrogens is 321 g/mol. The van der Waals surface area contributed by atoms with Crippen LogP contribution in [0.1, 0.15) is 18.9 Å². The Hall–Kier alpha value is -2.40. The van der Waals surface area contributed by atoms with Crippen LogP contribution in [0, 0.1) is 5.82 Å². The summed E-state index contributed by atoms with van der Waals surface area (Å²) in [4.78, 5) is 14.2. The summed E-state index contributed by atoms with van der Waals surface area (Å²) in [6, 6.07) is 15.3. The minimum atomic E-state index is -1.01. The van der Waals surface area contributed by atoms with Crippen LogP contribution in [0.25, 0.3) is 0 Å². The molecule has 0 spiro atoms. The van der Waals surface area contributed by atoms with E-state index in [1.165, 1.54) is 12.1 Å². The molecule has 4 nitrogen and oxygen atoms in total. The molecule has 1 fully saturated rings. The third-order valence-corrected chi connectivity index (χ3v) is 4.59. The van der Waals surface area contributed by atoms with Crippen LogP contribution in [-0.2, 0) is 11.2 Å². The van der Waals surface area contributed by atoms with Gasteiger partial charge in [-0.3, -0.25) is 4.79 Å². The Morgan fingerprint density at radius 3 is 2.76 bits per heavy atom. The van der Waals surface area contributed by atoms with Gasteiger partial charge in [0.2, 0.25) is 5.91 Å².